The maximum Gasteiger partial charge on any atom is 0.338 e. The third-order valence-electron chi connectivity index (χ3n) is 2.55. The third-order valence-corrected chi connectivity index (χ3v) is 2.55. The van der Waals surface area contributed by atoms with Crippen LogP contribution in [0.3, 0.4) is 0 Å². The van der Waals surface area contributed by atoms with E-state index < -0.39 is 11.8 Å². The van der Waals surface area contributed by atoms with Crippen LogP contribution in [0.5, 0.6) is 0 Å². The Morgan fingerprint density at radius 1 is 1.47 bits per heavy atom. The third kappa shape index (κ3) is 3.42. The molecule has 0 bridgehead atoms. The molecule has 1 aromatic carbocycles. The van der Waals surface area contributed by atoms with Gasteiger partial charge in [0.1, 0.15) is 5.82 Å². The molecule has 17 heavy (non-hydrogen) atoms. The molecular formula is C12H16FNO3. The van der Waals surface area contributed by atoms with Crippen LogP contribution in [-0.2, 0) is 0 Å². The molecule has 3 N–H and O–H groups in total. The molecule has 1 aromatic rings. The van der Waals surface area contributed by atoms with Crippen molar-refractivity contribution in [2.24, 2.45) is 5.92 Å². The predicted octanol–water partition coefficient (Wildman–Crippen LogP) is 1.95. The van der Waals surface area contributed by atoms with Crippen LogP contribution in [0.4, 0.5) is 10.1 Å². The molecule has 0 fully saturated rings. The van der Waals surface area contributed by atoms with Gasteiger partial charge in [-0.2, -0.15) is 0 Å². The lowest BCUT2D eigenvalue weighted by Gasteiger charge is -2.21. The van der Waals surface area contributed by atoms with Gasteiger partial charge >= 0.3 is 5.97 Å². The Labute approximate surface area is 99.1 Å². The molecule has 0 spiro atoms. The fourth-order valence-electron chi connectivity index (χ4n) is 1.42. The Morgan fingerprint density at radius 2 is 2.12 bits per heavy atom. The first kappa shape index (κ1) is 13.4. The van der Waals surface area contributed by atoms with Crippen molar-refractivity contribution < 1.29 is 19.4 Å². The summed E-state index contributed by atoms with van der Waals surface area (Å²) in [5.41, 5.74) is 0.0981. The highest BCUT2D eigenvalue weighted by Crippen LogP contribution is 2.17. The summed E-state index contributed by atoms with van der Waals surface area (Å²) >= 11 is 0. The number of aromatic carboxylic acids is 1. The van der Waals surface area contributed by atoms with Crippen molar-refractivity contribution >= 4 is 11.7 Å². The SMILES string of the molecule is CC(C)[C@@H](CO)Nc1ccc(C(=O)O)c(F)c1. The molecule has 0 saturated carbocycles. The normalized spacial score (nSPS) is 12.5. The predicted molar refractivity (Wildman–Crippen MR) is 62.7 cm³/mol. The van der Waals surface area contributed by atoms with Crippen molar-refractivity contribution in [1.82, 2.24) is 0 Å². The molecule has 0 amide bonds. The summed E-state index contributed by atoms with van der Waals surface area (Å²) in [6, 6.07) is 3.62. The highest BCUT2D eigenvalue weighted by atomic mass is 19.1. The lowest BCUT2D eigenvalue weighted by molar-refractivity contribution is 0.0692. The van der Waals surface area contributed by atoms with Gasteiger partial charge in [0.2, 0.25) is 0 Å². The molecule has 4 nitrogen and oxygen atoms in total. The van der Waals surface area contributed by atoms with Gasteiger partial charge in [0.05, 0.1) is 18.2 Å². The van der Waals surface area contributed by atoms with Crippen molar-refractivity contribution in [3.05, 3.63) is 29.6 Å². The second-order valence-electron chi connectivity index (χ2n) is 4.18. The van der Waals surface area contributed by atoms with Crippen molar-refractivity contribution in [3.63, 3.8) is 0 Å². The number of carboxylic acid groups (broad SMARTS) is 1. The van der Waals surface area contributed by atoms with Gasteiger partial charge in [-0.15, -0.1) is 0 Å². The standard InChI is InChI=1S/C12H16FNO3/c1-7(2)11(6-15)14-8-3-4-9(12(16)17)10(13)5-8/h3-5,7,11,14-15H,6H2,1-2H3,(H,16,17)/t11-/m1/s1. The van der Waals surface area contributed by atoms with Crippen LogP contribution in [0.25, 0.3) is 0 Å². The molecular weight excluding hydrogens is 225 g/mol. The van der Waals surface area contributed by atoms with E-state index in [4.69, 9.17) is 10.2 Å². The van der Waals surface area contributed by atoms with Crippen LogP contribution in [0.2, 0.25) is 0 Å². The Bertz CT molecular complexity index is 407. The quantitative estimate of drug-likeness (QED) is 0.737. The zero-order valence-corrected chi connectivity index (χ0v) is 9.77. The fourth-order valence-corrected chi connectivity index (χ4v) is 1.42. The molecule has 0 aliphatic heterocycles. The Hall–Kier alpha value is -1.62. The molecule has 1 atom stereocenters. The van der Waals surface area contributed by atoms with Gasteiger partial charge in [0.15, 0.2) is 0 Å². The highest BCUT2D eigenvalue weighted by molar-refractivity contribution is 5.88. The second-order valence-corrected chi connectivity index (χ2v) is 4.18. The fraction of sp³-hybridized carbons (Fsp3) is 0.417. The number of carbonyl (C=O) groups is 1. The van der Waals surface area contributed by atoms with Crippen molar-refractivity contribution in [3.8, 4) is 0 Å². The number of hydrogen-bond acceptors (Lipinski definition) is 3. The van der Waals surface area contributed by atoms with E-state index in [1.54, 1.807) is 0 Å². The average molecular weight is 241 g/mol. The summed E-state index contributed by atoms with van der Waals surface area (Å²) in [5, 5.41) is 20.7. The number of carboxylic acids is 1. The van der Waals surface area contributed by atoms with E-state index in [0.29, 0.717) is 5.69 Å². The Morgan fingerprint density at radius 3 is 2.53 bits per heavy atom. The van der Waals surface area contributed by atoms with Gasteiger partial charge in [0.25, 0.3) is 0 Å². The van der Waals surface area contributed by atoms with Crippen molar-refractivity contribution in [1.29, 1.82) is 0 Å². The summed E-state index contributed by atoms with van der Waals surface area (Å²) < 4.78 is 13.4. The first-order valence-electron chi connectivity index (χ1n) is 5.36. The maximum atomic E-state index is 13.4. The molecule has 5 heteroatoms. The lowest BCUT2D eigenvalue weighted by Crippen LogP contribution is -2.29. The lowest BCUT2D eigenvalue weighted by atomic mass is 10.0. The minimum atomic E-state index is -1.29. The molecule has 0 aliphatic rings. The van der Waals surface area contributed by atoms with Gasteiger partial charge in [0, 0.05) is 5.69 Å². The topological polar surface area (TPSA) is 69.6 Å². The molecule has 0 heterocycles. The van der Waals surface area contributed by atoms with Crippen molar-refractivity contribution in [2.45, 2.75) is 19.9 Å². The van der Waals surface area contributed by atoms with Crippen LogP contribution in [-0.4, -0.2) is 28.8 Å². The molecule has 0 aromatic heterocycles. The average Bonchev–Trinajstić information content (AvgIpc) is 2.24. The van der Waals surface area contributed by atoms with Gasteiger partial charge in [-0.05, 0) is 24.1 Å². The van der Waals surface area contributed by atoms with Crippen LogP contribution in [0, 0.1) is 11.7 Å². The van der Waals surface area contributed by atoms with Crippen molar-refractivity contribution in [2.75, 3.05) is 11.9 Å². The number of rotatable bonds is 5. The number of aliphatic hydroxyl groups excluding tert-OH is 1. The summed E-state index contributed by atoms with van der Waals surface area (Å²) in [5.74, 6) is -1.90. The van der Waals surface area contributed by atoms with E-state index in [1.807, 2.05) is 13.8 Å². The smallest absolute Gasteiger partial charge is 0.338 e. The van der Waals surface area contributed by atoms with Crippen LogP contribution < -0.4 is 5.32 Å². The van der Waals surface area contributed by atoms with E-state index >= 15 is 0 Å². The number of nitrogens with one attached hydrogen (secondary N) is 1. The molecule has 0 saturated heterocycles. The van der Waals surface area contributed by atoms with Gasteiger partial charge in [-0.1, -0.05) is 13.8 Å². The van der Waals surface area contributed by atoms with E-state index in [2.05, 4.69) is 5.32 Å². The van der Waals surface area contributed by atoms with E-state index in [1.165, 1.54) is 12.1 Å². The molecule has 1 rings (SSSR count). The van der Waals surface area contributed by atoms with Gasteiger partial charge in [-0.25, -0.2) is 9.18 Å². The van der Waals surface area contributed by atoms with Crippen LogP contribution in [0.1, 0.15) is 24.2 Å². The largest absolute Gasteiger partial charge is 0.478 e. The van der Waals surface area contributed by atoms with Crippen LogP contribution >= 0.6 is 0 Å². The monoisotopic (exact) mass is 241 g/mol. The molecule has 0 radical (unpaired) electrons. The van der Waals surface area contributed by atoms with E-state index in [0.717, 1.165) is 6.07 Å². The Kier molecular flexibility index (Phi) is 4.45. The number of halogens is 1. The zero-order valence-electron chi connectivity index (χ0n) is 9.77. The molecule has 0 unspecified atom stereocenters. The molecule has 0 aliphatic carbocycles. The first-order valence-corrected chi connectivity index (χ1v) is 5.36. The minimum Gasteiger partial charge on any atom is -0.478 e. The second kappa shape index (κ2) is 5.63. The highest BCUT2D eigenvalue weighted by Gasteiger charge is 2.14. The number of aliphatic hydroxyl groups is 1. The van der Waals surface area contributed by atoms with E-state index in [-0.39, 0.29) is 24.1 Å². The van der Waals surface area contributed by atoms with Crippen LogP contribution in [0.15, 0.2) is 18.2 Å². The molecule has 94 valence electrons. The number of hydrogen-bond donors (Lipinski definition) is 3. The maximum absolute atomic E-state index is 13.4. The number of anilines is 1. The summed E-state index contributed by atoms with van der Waals surface area (Å²) in [7, 11) is 0. The summed E-state index contributed by atoms with van der Waals surface area (Å²) in [6.07, 6.45) is 0. The Balaban J connectivity index is 2.87. The zero-order chi connectivity index (χ0) is 13.0. The van der Waals surface area contributed by atoms with Gasteiger partial charge < -0.3 is 15.5 Å². The minimum absolute atomic E-state index is 0.0695. The number of benzene rings is 1. The summed E-state index contributed by atoms with van der Waals surface area (Å²) in [6.45, 7) is 3.78. The summed E-state index contributed by atoms with van der Waals surface area (Å²) in [4.78, 5) is 10.6. The van der Waals surface area contributed by atoms with Gasteiger partial charge in [-0.3, -0.25) is 0 Å². The first-order chi connectivity index (χ1) is 7.95. The van der Waals surface area contributed by atoms with E-state index in [9.17, 15) is 9.18 Å².